The van der Waals surface area contributed by atoms with Crippen LogP contribution in [-0.4, -0.2) is 23.9 Å². The number of fused-ring (bicyclic) bond motifs is 10. The lowest BCUT2D eigenvalue weighted by molar-refractivity contribution is 0.656. The molecule has 182 valence electrons. The Kier molecular flexibility index (Phi) is 3.96. The molecule has 0 saturated carbocycles. The Hall–Kier alpha value is -5.49. The van der Waals surface area contributed by atoms with Gasteiger partial charge >= 0.3 is 0 Å². The predicted molar refractivity (Wildman–Crippen MR) is 155 cm³/mol. The molecule has 6 heteroatoms. The van der Waals surface area contributed by atoms with E-state index in [1.54, 1.807) is 0 Å². The zero-order valence-corrected chi connectivity index (χ0v) is 20.6. The molecule has 0 aliphatic heterocycles. The molecule has 5 aromatic carbocycles. The van der Waals surface area contributed by atoms with Crippen LogP contribution >= 0.6 is 0 Å². The number of hydrogen-bond acceptors (Lipinski definition) is 4. The van der Waals surface area contributed by atoms with Gasteiger partial charge in [-0.3, -0.25) is 4.40 Å². The van der Waals surface area contributed by atoms with E-state index < -0.39 is 0 Å². The zero-order chi connectivity index (χ0) is 25.5. The fourth-order valence-corrected chi connectivity index (χ4v) is 5.85. The van der Waals surface area contributed by atoms with Gasteiger partial charge in [-0.05, 0) is 35.7 Å². The summed E-state index contributed by atoms with van der Waals surface area (Å²) in [5.74, 6) is 1.29. The van der Waals surface area contributed by atoms with Gasteiger partial charge in [-0.15, -0.1) is 0 Å². The summed E-state index contributed by atoms with van der Waals surface area (Å²) in [6, 6.07) is 39.3. The number of imidazole rings is 2. The van der Waals surface area contributed by atoms with Crippen molar-refractivity contribution in [3.05, 3.63) is 115 Å². The van der Waals surface area contributed by atoms with Crippen molar-refractivity contribution in [3.63, 3.8) is 0 Å². The summed E-state index contributed by atoms with van der Waals surface area (Å²) in [4.78, 5) is 15.4. The number of hydrogen-bond donors (Lipinski definition) is 0. The highest BCUT2D eigenvalue weighted by Crippen LogP contribution is 2.36. The van der Waals surface area contributed by atoms with Crippen molar-refractivity contribution in [2.75, 3.05) is 0 Å². The summed E-state index contributed by atoms with van der Waals surface area (Å²) in [6.45, 7) is 0. The zero-order valence-electron chi connectivity index (χ0n) is 20.6. The molecular formula is C33H19N5O. The van der Waals surface area contributed by atoms with Gasteiger partial charge in [0.2, 0.25) is 17.4 Å². The molecule has 4 aromatic heterocycles. The Morgan fingerprint density at radius 2 is 1.31 bits per heavy atom. The second-order valence-corrected chi connectivity index (χ2v) is 9.74. The molecule has 0 unspecified atom stereocenters. The molecule has 0 atom stereocenters. The van der Waals surface area contributed by atoms with Crippen LogP contribution in [0.15, 0.2) is 120 Å². The third-order valence-electron chi connectivity index (χ3n) is 7.57. The van der Waals surface area contributed by atoms with Crippen LogP contribution in [0, 0.1) is 0 Å². The summed E-state index contributed by atoms with van der Waals surface area (Å²) < 4.78 is 10.4. The van der Waals surface area contributed by atoms with Crippen LogP contribution in [0.1, 0.15) is 0 Å². The van der Waals surface area contributed by atoms with Crippen LogP contribution in [0.5, 0.6) is 0 Å². The fraction of sp³-hybridized carbons (Fsp3) is 0. The number of rotatable bonds is 2. The van der Waals surface area contributed by atoms with Gasteiger partial charge < -0.3 is 4.42 Å². The molecule has 0 bridgehead atoms. The van der Waals surface area contributed by atoms with E-state index in [4.69, 9.17) is 19.4 Å². The summed E-state index contributed by atoms with van der Waals surface area (Å²) in [7, 11) is 0. The molecule has 0 saturated heterocycles. The molecule has 0 radical (unpaired) electrons. The van der Waals surface area contributed by atoms with Crippen LogP contribution in [-0.2, 0) is 0 Å². The summed E-state index contributed by atoms with van der Waals surface area (Å²) in [5, 5.41) is 4.27. The second-order valence-electron chi connectivity index (χ2n) is 9.74. The van der Waals surface area contributed by atoms with E-state index in [0.29, 0.717) is 17.4 Å². The molecule has 39 heavy (non-hydrogen) atoms. The molecule has 0 amide bonds. The highest BCUT2D eigenvalue weighted by molar-refractivity contribution is 6.10. The van der Waals surface area contributed by atoms with Crippen LogP contribution in [0.25, 0.3) is 77.9 Å². The average Bonchev–Trinajstić information content (AvgIpc) is 3.63. The number of benzene rings is 5. The number of aromatic nitrogens is 5. The van der Waals surface area contributed by atoms with Crippen molar-refractivity contribution in [2.45, 2.75) is 0 Å². The first-order valence-corrected chi connectivity index (χ1v) is 12.9. The van der Waals surface area contributed by atoms with Crippen molar-refractivity contribution in [3.8, 4) is 17.2 Å². The topological polar surface area (TPSA) is 61.2 Å². The van der Waals surface area contributed by atoms with Gasteiger partial charge in [-0.1, -0.05) is 84.9 Å². The molecule has 0 fully saturated rings. The smallest absolute Gasteiger partial charge is 0.248 e. The van der Waals surface area contributed by atoms with Crippen molar-refractivity contribution >= 4 is 60.7 Å². The van der Waals surface area contributed by atoms with Gasteiger partial charge in [0.1, 0.15) is 11.1 Å². The van der Waals surface area contributed by atoms with Gasteiger partial charge in [0, 0.05) is 21.7 Å². The molecule has 0 N–H and O–H groups in total. The minimum atomic E-state index is 0.570. The van der Waals surface area contributed by atoms with E-state index in [1.807, 2.05) is 53.1 Å². The number of para-hydroxylation sites is 3. The van der Waals surface area contributed by atoms with E-state index in [9.17, 15) is 0 Å². The van der Waals surface area contributed by atoms with Crippen LogP contribution in [0.2, 0.25) is 0 Å². The molecule has 9 rings (SSSR count). The monoisotopic (exact) mass is 501 g/mol. The first-order chi connectivity index (χ1) is 19.3. The molecule has 0 aliphatic carbocycles. The molecule has 4 heterocycles. The Labute approximate surface area is 221 Å². The Bertz CT molecular complexity index is 2400. The van der Waals surface area contributed by atoms with Crippen molar-refractivity contribution in [2.24, 2.45) is 0 Å². The second kappa shape index (κ2) is 7.52. The highest BCUT2D eigenvalue weighted by Gasteiger charge is 2.23. The van der Waals surface area contributed by atoms with E-state index in [0.717, 1.165) is 60.5 Å². The fourth-order valence-electron chi connectivity index (χ4n) is 5.85. The maximum absolute atomic E-state index is 6.17. The molecule has 6 nitrogen and oxygen atoms in total. The quantitative estimate of drug-likeness (QED) is 0.226. The van der Waals surface area contributed by atoms with E-state index >= 15 is 0 Å². The Balaban J connectivity index is 1.47. The van der Waals surface area contributed by atoms with Gasteiger partial charge in [-0.2, -0.15) is 4.98 Å². The predicted octanol–water partition coefficient (Wildman–Crippen LogP) is 7.94. The van der Waals surface area contributed by atoms with Crippen LogP contribution in [0.4, 0.5) is 0 Å². The minimum Gasteiger partial charge on any atom is -0.436 e. The SMILES string of the molecule is c1ccc(-c2nc(-n3c4ccccc4n4c5c(nc34)oc3ccccc35)nc3c2ccc2ccccc23)cc1. The molecule has 9 aromatic rings. The normalized spacial score (nSPS) is 12.1. The third kappa shape index (κ3) is 2.77. The van der Waals surface area contributed by atoms with Gasteiger partial charge in [0.25, 0.3) is 0 Å². The largest absolute Gasteiger partial charge is 0.436 e. The van der Waals surface area contributed by atoms with Crippen molar-refractivity contribution in [1.82, 2.24) is 23.9 Å². The standard InChI is InChI=1S/C33H19N5O/c1-2-11-21(12-3-1)28-24-19-18-20-10-4-5-13-22(20)29(24)35-32(34-28)38-26-16-8-7-15-25(26)37-30-23-14-6-9-17-27(23)39-31(30)36-33(37)38/h1-19H. The lowest BCUT2D eigenvalue weighted by atomic mass is 10.0. The van der Waals surface area contributed by atoms with Crippen molar-refractivity contribution < 1.29 is 4.42 Å². The summed E-state index contributed by atoms with van der Waals surface area (Å²) in [5.41, 5.74) is 7.20. The van der Waals surface area contributed by atoms with Gasteiger partial charge in [0.15, 0.2) is 0 Å². The Morgan fingerprint density at radius 1 is 0.564 bits per heavy atom. The lowest BCUT2D eigenvalue weighted by Crippen LogP contribution is -2.04. The number of furan rings is 1. The van der Waals surface area contributed by atoms with Crippen molar-refractivity contribution in [1.29, 1.82) is 0 Å². The number of nitrogens with zero attached hydrogens (tertiary/aromatic N) is 5. The first kappa shape index (κ1) is 20.6. The van der Waals surface area contributed by atoms with E-state index in [-0.39, 0.29) is 0 Å². The first-order valence-electron chi connectivity index (χ1n) is 12.9. The van der Waals surface area contributed by atoms with Gasteiger partial charge in [-0.25, -0.2) is 14.5 Å². The minimum absolute atomic E-state index is 0.570. The third-order valence-corrected chi connectivity index (χ3v) is 7.57. The maximum Gasteiger partial charge on any atom is 0.248 e. The van der Waals surface area contributed by atoms with E-state index in [2.05, 4.69) is 71.1 Å². The molecule has 0 aliphatic rings. The summed E-state index contributed by atoms with van der Waals surface area (Å²) in [6.07, 6.45) is 0. The molecule has 0 spiro atoms. The van der Waals surface area contributed by atoms with Crippen LogP contribution in [0.3, 0.4) is 0 Å². The van der Waals surface area contributed by atoms with E-state index in [1.165, 1.54) is 0 Å². The van der Waals surface area contributed by atoms with Gasteiger partial charge in [0.05, 0.1) is 22.2 Å². The Morgan fingerprint density at radius 3 is 2.21 bits per heavy atom. The average molecular weight is 502 g/mol. The lowest BCUT2D eigenvalue weighted by Gasteiger charge is -2.12. The summed E-state index contributed by atoms with van der Waals surface area (Å²) >= 11 is 0. The van der Waals surface area contributed by atoms with Crippen LogP contribution < -0.4 is 0 Å². The molecular weight excluding hydrogens is 482 g/mol. The maximum atomic E-state index is 6.17. The highest BCUT2D eigenvalue weighted by atomic mass is 16.3.